The van der Waals surface area contributed by atoms with Gasteiger partial charge >= 0.3 is 0 Å². The zero-order valence-corrected chi connectivity index (χ0v) is 15.4. The van der Waals surface area contributed by atoms with E-state index in [0.717, 1.165) is 27.9 Å². The summed E-state index contributed by atoms with van der Waals surface area (Å²) in [6, 6.07) is 6.11. The van der Waals surface area contributed by atoms with Gasteiger partial charge in [0, 0.05) is 13.1 Å². The minimum atomic E-state index is -0.451. The van der Waals surface area contributed by atoms with E-state index in [1.54, 1.807) is 23.5 Å². The van der Waals surface area contributed by atoms with Crippen LogP contribution in [0.2, 0.25) is 0 Å². The zero-order chi connectivity index (χ0) is 17.9. The predicted octanol–water partition coefficient (Wildman–Crippen LogP) is 3.56. The molecule has 1 aromatic carbocycles. The Balaban J connectivity index is 1.46. The van der Waals surface area contributed by atoms with E-state index in [1.807, 2.05) is 0 Å². The Hall–Kier alpha value is -2.26. The summed E-state index contributed by atoms with van der Waals surface area (Å²) in [4.78, 5) is 27.5. The zero-order valence-electron chi connectivity index (χ0n) is 13.8. The van der Waals surface area contributed by atoms with Crippen LogP contribution >= 0.6 is 23.1 Å². The van der Waals surface area contributed by atoms with Crippen LogP contribution in [-0.4, -0.2) is 39.7 Å². The molecule has 0 unspecified atom stereocenters. The summed E-state index contributed by atoms with van der Waals surface area (Å²) in [5.41, 5.74) is 0.837. The van der Waals surface area contributed by atoms with E-state index < -0.39 is 5.82 Å². The topological polar surface area (TPSA) is 71.0 Å². The van der Waals surface area contributed by atoms with Gasteiger partial charge in [-0.3, -0.25) is 4.79 Å². The molecule has 1 saturated heterocycles. The number of nitrogens with one attached hydrogen (secondary N) is 1. The van der Waals surface area contributed by atoms with Crippen molar-refractivity contribution in [3.63, 3.8) is 0 Å². The average molecular weight is 389 g/mol. The maximum absolute atomic E-state index is 13.6. The normalized spacial score (nSPS) is 14.1. The van der Waals surface area contributed by atoms with Gasteiger partial charge in [-0.1, -0.05) is 35.2 Å². The Bertz CT molecular complexity index is 942. The molecule has 0 aliphatic carbocycles. The lowest BCUT2D eigenvalue weighted by molar-refractivity contribution is -0.113. The molecule has 1 aliphatic rings. The molecule has 0 saturated carbocycles. The number of hydrogen-bond donors (Lipinski definition) is 1. The molecule has 3 heterocycles. The first kappa shape index (κ1) is 17.2. The summed E-state index contributed by atoms with van der Waals surface area (Å²) in [5, 5.41) is 4.26. The number of benzene rings is 1. The van der Waals surface area contributed by atoms with Crippen molar-refractivity contribution in [2.75, 3.05) is 29.1 Å². The molecule has 9 heteroatoms. The number of para-hydroxylation sites is 1. The summed E-state index contributed by atoms with van der Waals surface area (Å²) < 4.78 is 14.5. The molecule has 6 nitrogen and oxygen atoms in total. The minimum absolute atomic E-state index is 0.136. The number of nitrogens with zero attached hydrogens (tertiary/aromatic N) is 4. The van der Waals surface area contributed by atoms with Crippen LogP contribution in [0.5, 0.6) is 0 Å². The predicted molar refractivity (Wildman–Crippen MR) is 102 cm³/mol. The van der Waals surface area contributed by atoms with Gasteiger partial charge in [0.05, 0.1) is 11.4 Å². The van der Waals surface area contributed by atoms with E-state index in [2.05, 4.69) is 25.2 Å². The first-order chi connectivity index (χ1) is 12.7. The van der Waals surface area contributed by atoms with E-state index in [9.17, 15) is 9.18 Å². The lowest BCUT2D eigenvalue weighted by Crippen LogP contribution is -2.16. The first-order valence-corrected chi connectivity index (χ1v) is 10.0. The van der Waals surface area contributed by atoms with Crippen molar-refractivity contribution in [2.24, 2.45) is 0 Å². The standard InChI is InChI=1S/C17H16FN5OS2/c18-11-5-1-2-6-12(11)21-13(24)9-25-16-14-15(19-10-20-16)22-17(26-14)23-7-3-4-8-23/h1-2,5-6,10H,3-4,7-9H2,(H,21,24). The highest BCUT2D eigenvalue weighted by atomic mass is 32.2. The summed E-state index contributed by atoms with van der Waals surface area (Å²) in [6.07, 6.45) is 3.83. The van der Waals surface area contributed by atoms with Crippen molar-refractivity contribution in [1.29, 1.82) is 0 Å². The number of halogens is 1. The SMILES string of the molecule is O=C(CSc1ncnc2nc(N3CCCC3)sc12)Nc1ccccc1F. The summed E-state index contributed by atoms with van der Waals surface area (Å²) >= 11 is 2.86. The van der Waals surface area contributed by atoms with Gasteiger partial charge in [-0.15, -0.1) is 0 Å². The molecule has 4 rings (SSSR count). The highest BCUT2D eigenvalue weighted by Crippen LogP contribution is 2.34. The van der Waals surface area contributed by atoms with Crippen LogP contribution in [0.1, 0.15) is 12.8 Å². The summed E-state index contributed by atoms with van der Waals surface area (Å²) in [6.45, 7) is 2.03. The van der Waals surface area contributed by atoms with Gasteiger partial charge in [0.25, 0.3) is 0 Å². The third kappa shape index (κ3) is 3.63. The first-order valence-electron chi connectivity index (χ1n) is 8.24. The van der Waals surface area contributed by atoms with Crippen molar-refractivity contribution < 1.29 is 9.18 Å². The van der Waals surface area contributed by atoms with Crippen LogP contribution in [0, 0.1) is 5.82 Å². The van der Waals surface area contributed by atoms with Crippen molar-refractivity contribution >= 4 is 50.2 Å². The second-order valence-electron chi connectivity index (χ2n) is 5.84. The van der Waals surface area contributed by atoms with Gasteiger partial charge in [-0.25, -0.2) is 14.4 Å². The fraction of sp³-hybridized carbons (Fsp3) is 0.294. The Labute approximate surface area is 157 Å². The van der Waals surface area contributed by atoms with E-state index in [-0.39, 0.29) is 17.3 Å². The number of carbonyl (C=O) groups is 1. The second kappa shape index (κ2) is 7.55. The fourth-order valence-electron chi connectivity index (χ4n) is 2.75. The molecular weight excluding hydrogens is 373 g/mol. The molecule has 0 bridgehead atoms. The van der Waals surface area contributed by atoms with Gasteiger partial charge < -0.3 is 10.2 Å². The van der Waals surface area contributed by atoms with Crippen LogP contribution in [0.3, 0.4) is 0 Å². The minimum Gasteiger partial charge on any atom is -0.348 e. The molecule has 1 amide bonds. The van der Waals surface area contributed by atoms with Crippen molar-refractivity contribution in [3.05, 3.63) is 36.4 Å². The number of hydrogen-bond acceptors (Lipinski definition) is 7. The van der Waals surface area contributed by atoms with Gasteiger partial charge in [-0.2, -0.15) is 4.98 Å². The van der Waals surface area contributed by atoms with Crippen LogP contribution in [-0.2, 0) is 4.79 Å². The molecule has 0 radical (unpaired) electrons. The van der Waals surface area contributed by atoms with Crippen LogP contribution < -0.4 is 10.2 Å². The molecule has 0 atom stereocenters. The Morgan fingerprint density at radius 1 is 1.27 bits per heavy atom. The quantitative estimate of drug-likeness (QED) is 0.531. The second-order valence-corrected chi connectivity index (χ2v) is 7.78. The third-order valence-corrected chi connectivity index (χ3v) is 6.24. The lowest BCUT2D eigenvalue weighted by Gasteiger charge is -2.11. The van der Waals surface area contributed by atoms with Crippen molar-refractivity contribution in [3.8, 4) is 0 Å². The molecule has 0 spiro atoms. The number of amides is 1. The number of rotatable bonds is 5. The summed E-state index contributed by atoms with van der Waals surface area (Å²) in [5.74, 6) is -0.596. The highest BCUT2D eigenvalue weighted by molar-refractivity contribution is 8.00. The van der Waals surface area contributed by atoms with E-state index in [0.29, 0.717) is 5.65 Å². The van der Waals surface area contributed by atoms with Gasteiger partial charge in [-0.05, 0) is 25.0 Å². The maximum Gasteiger partial charge on any atom is 0.234 e. The molecule has 1 fully saturated rings. The molecular formula is C17H16FN5OS2. The Morgan fingerprint density at radius 2 is 2.08 bits per heavy atom. The summed E-state index contributed by atoms with van der Waals surface area (Å²) in [7, 11) is 0. The largest absolute Gasteiger partial charge is 0.348 e. The number of thiazole rings is 1. The van der Waals surface area contributed by atoms with Crippen LogP contribution in [0.25, 0.3) is 10.3 Å². The number of aromatic nitrogens is 3. The maximum atomic E-state index is 13.6. The fourth-order valence-corrected chi connectivity index (χ4v) is 4.69. The average Bonchev–Trinajstić information content (AvgIpc) is 3.31. The van der Waals surface area contributed by atoms with Gasteiger partial charge in [0.2, 0.25) is 5.91 Å². The molecule has 2 aromatic heterocycles. The van der Waals surface area contributed by atoms with E-state index in [1.165, 1.54) is 43.1 Å². The van der Waals surface area contributed by atoms with Crippen molar-refractivity contribution in [2.45, 2.75) is 17.9 Å². The smallest absolute Gasteiger partial charge is 0.234 e. The number of thioether (sulfide) groups is 1. The van der Waals surface area contributed by atoms with Crippen molar-refractivity contribution in [1.82, 2.24) is 15.0 Å². The third-order valence-electron chi connectivity index (χ3n) is 4.01. The Kier molecular flexibility index (Phi) is 4.98. The monoisotopic (exact) mass is 389 g/mol. The number of carbonyl (C=O) groups excluding carboxylic acids is 1. The van der Waals surface area contributed by atoms with Gasteiger partial charge in [0.15, 0.2) is 10.8 Å². The molecule has 1 aliphatic heterocycles. The highest BCUT2D eigenvalue weighted by Gasteiger charge is 2.19. The Morgan fingerprint density at radius 3 is 2.88 bits per heavy atom. The van der Waals surface area contributed by atoms with Crippen LogP contribution in [0.15, 0.2) is 35.6 Å². The molecule has 3 aromatic rings. The van der Waals surface area contributed by atoms with E-state index >= 15 is 0 Å². The van der Waals surface area contributed by atoms with Crippen LogP contribution in [0.4, 0.5) is 15.2 Å². The molecule has 1 N–H and O–H groups in total. The molecule has 26 heavy (non-hydrogen) atoms. The van der Waals surface area contributed by atoms with E-state index in [4.69, 9.17) is 0 Å². The van der Waals surface area contributed by atoms with Gasteiger partial charge in [0.1, 0.15) is 21.9 Å². The lowest BCUT2D eigenvalue weighted by atomic mass is 10.3. The number of fused-ring (bicyclic) bond motifs is 1. The molecule has 134 valence electrons. The number of anilines is 2.